The fourth-order valence-electron chi connectivity index (χ4n) is 13.0. The summed E-state index contributed by atoms with van der Waals surface area (Å²) >= 11 is 0. The molecule has 0 bridgehead atoms. The standard InChI is InChI=1S/C82H159NO5/c1-3-5-7-9-11-13-15-17-19-21-23-24-36-39-42-46-50-54-58-62-66-70-74-80(85)79(78-84)83-81(86)75-71-67-63-59-55-51-47-43-40-37-34-32-30-28-26-25-27-29-31-33-35-38-41-45-49-53-57-61-65-69-73-77-88-82(87)76-72-68-64-60-56-52-48-44-22-20-18-16-14-12-10-8-6-4-2/h27,29,70,74,79-80,84-85H,3-26,28,30-69,71-73,75-78H2,1-2H3,(H,83,86)/b29-27-,74-70+. The van der Waals surface area contributed by atoms with Crippen LogP contribution >= 0.6 is 0 Å². The number of carbonyl (C=O) groups is 2. The molecule has 0 aromatic heterocycles. The van der Waals surface area contributed by atoms with Gasteiger partial charge in [-0.1, -0.05) is 417 Å². The Bertz CT molecular complexity index is 1380. The molecule has 1 amide bonds. The fraction of sp³-hybridized carbons (Fsp3) is 0.927. The van der Waals surface area contributed by atoms with Crippen molar-refractivity contribution in [3.63, 3.8) is 0 Å². The first kappa shape index (κ1) is 86.3. The number of allylic oxidation sites excluding steroid dienone is 3. The Morgan fingerprint density at radius 3 is 0.807 bits per heavy atom. The summed E-state index contributed by atoms with van der Waals surface area (Å²) in [5, 5.41) is 23.3. The topological polar surface area (TPSA) is 95.9 Å². The van der Waals surface area contributed by atoms with Crippen LogP contribution in [0.5, 0.6) is 0 Å². The molecule has 522 valence electrons. The lowest BCUT2D eigenvalue weighted by Gasteiger charge is -2.20. The Morgan fingerprint density at radius 2 is 0.534 bits per heavy atom. The molecule has 6 nitrogen and oxygen atoms in total. The molecule has 3 N–H and O–H groups in total. The Kier molecular flexibility index (Phi) is 76.3. The molecule has 2 unspecified atom stereocenters. The molecule has 0 aliphatic heterocycles. The van der Waals surface area contributed by atoms with Crippen LogP contribution in [0.3, 0.4) is 0 Å². The van der Waals surface area contributed by atoms with Crippen LogP contribution in [-0.2, 0) is 14.3 Å². The third-order valence-corrected chi connectivity index (χ3v) is 19.2. The zero-order valence-electron chi connectivity index (χ0n) is 60.0. The number of hydrogen-bond donors (Lipinski definition) is 3. The maximum absolute atomic E-state index is 12.5. The van der Waals surface area contributed by atoms with E-state index in [9.17, 15) is 19.8 Å². The van der Waals surface area contributed by atoms with E-state index in [0.717, 1.165) is 38.5 Å². The van der Waals surface area contributed by atoms with Gasteiger partial charge in [-0.15, -0.1) is 0 Å². The molecule has 0 saturated heterocycles. The SMILES string of the molecule is CCCCCCCCCCCCCCCCCCCCCC/C=C/C(O)C(CO)NC(=O)CCCCCCCCCCCCCCCCC/C=C\CCCCCCCCCCCCCCOC(=O)CCCCCCCCCCCCCCCCCCCC. The number of aliphatic hydroxyl groups is 2. The third kappa shape index (κ3) is 73.4. The maximum atomic E-state index is 12.5. The van der Waals surface area contributed by atoms with Crippen LogP contribution in [0.15, 0.2) is 24.3 Å². The molecular formula is C82H159NO5. The van der Waals surface area contributed by atoms with Crippen molar-refractivity contribution in [2.24, 2.45) is 0 Å². The van der Waals surface area contributed by atoms with E-state index < -0.39 is 12.1 Å². The van der Waals surface area contributed by atoms with Crippen LogP contribution in [-0.4, -0.2) is 47.4 Å². The van der Waals surface area contributed by atoms with Gasteiger partial charge in [-0.25, -0.2) is 0 Å². The van der Waals surface area contributed by atoms with Crippen molar-refractivity contribution >= 4 is 11.9 Å². The van der Waals surface area contributed by atoms with E-state index >= 15 is 0 Å². The number of esters is 1. The van der Waals surface area contributed by atoms with Crippen molar-refractivity contribution in [3.8, 4) is 0 Å². The van der Waals surface area contributed by atoms with E-state index in [0.29, 0.717) is 19.4 Å². The van der Waals surface area contributed by atoms with Crippen molar-refractivity contribution in [1.29, 1.82) is 0 Å². The third-order valence-electron chi connectivity index (χ3n) is 19.2. The molecule has 88 heavy (non-hydrogen) atoms. The Balaban J connectivity index is 3.37. The lowest BCUT2D eigenvalue weighted by atomic mass is 10.0. The molecule has 0 heterocycles. The average Bonchev–Trinajstić information content (AvgIpc) is 3.58. The predicted molar refractivity (Wildman–Crippen MR) is 389 cm³/mol. The summed E-state index contributed by atoms with van der Waals surface area (Å²) in [5.74, 6) is -0.0378. The Labute approximate surface area is 551 Å². The van der Waals surface area contributed by atoms with E-state index in [-0.39, 0.29) is 18.5 Å². The number of aliphatic hydroxyl groups excluding tert-OH is 2. The lowest BCUT2D eigenvalue weighted by Crippen LogP contribution is -2.45. The van der Waals surface area contributed by atoms with Gasteiger partial charge in [-0.2, -0.15) is 0 Å². The van der Waals surface area contributed by atoms with Crippen molar-refractivity contribution < 1.29 is 24.5 Å². The van der Waals surface area contributed by atoms with Gasteiger partial charge in [0.1, 0.15) is 0 Å². The van der Waals surface area contributed by atoms with E-state index in [2.05, 4.69) is 31.3 Å². The summed E-state index contributed by atoms with van der Waals surface area (Å²) < 4.78 is 5.52. The van der Waals surface area contributed by atoms with Crippen LogP contribution in [0.1, 0.15) is 463 Å². The van der Waals surface area contributed by atoms with Gasteiger partial charge in [0.25, 0.3) is 0 Å². The molecule has 0 aliphatic carbocycles. The molecule has 0 aromatic carbocycles. The number of nitrogens with one attached hydrogen (secondary N) is 1. The van der Waals surface area contributed by atoms with Crippen LogP contribution < -0.4 is 5.32 Å². The van der Waals surface area contributed by atoms with Crippen molar-refractivity contribution in [1.82, 2.24) is 5.32 Å². The van der Waals surface area contributed by atoms with Crippen LogP contribution in [0.4, 0.5) is 0 Å². The first-order valence-electron chi connectivity index (χ1n) is 40.6. The highest BCUT2D eigenvalue weighted by molar-refractivity contribution is 5.76. The summed E-state index contributed by atoms with van der Waals surface area (Å²) in [7, 11) is 0. The minimum atomic E-state index is -0.844. The first-order chi connectivity index (χ1) is 43.5. The molecule has 0 radical (unpaired) electrons. The Hall–Kier alpha value is -1.66. The normalized spacial score (nSPS) is 12.5. The maximum Gasteiger partial charge on any atom is 0.305 e. The van der Waals surface area contributed by atoms with Gasteiger partial charge < -0.3 is 20.3 Å². The van der Waals surface area contributed by atoms with Gasteiger partial charge in [0.2, 0.25) is 5.91 Å². The first-order valence-corrected chi connectivity index (χ1v) is 40.6. The zero-order valence-corrected chi connectivity index (χ0v) is 60.0. The summed E-state index contributed by atoms with van der Waals surface area (Å²) in [6, 6.07) is -0.627. The summed E-state index contributed by atoms with van der Waals surface area (Å²) in [6.45, 7) is 4.97. The highest BCUT2D eigenvalue weighted by Gasteiger charge is 2.18. The van der Waals surface area contributed by atoms with Crippen molar-refractivity contribution in [2.75, 3.05) is 13.2 Å². The van der Waals surface area contributed by atoms with E-state index in [1.54, 1.807) is 6.08 Å². The van der Waals surface area contributed by atoms with Gasteiger partial charge in [0, 0.05) is 12.8 Å². The molecular weight excluding hydrogens is 1080 g/mol. The lowest BCUT2D eigenvalue weighted by molar-refractivity contribution is -0.143. The van der Waals surface area contributed by atoms with E-state index in [1.807, 2.05) is 6.08 Å². The number of carbonyl (C=O) groups excluding carboxylic acids is 2. The molecule has 0 spiro atoms. The minimum absolute atomic E-state index is 0.0230. The number of amides is 1. The molecule has 6 heteroatoms. The zero-order chi connectivity index (χ0) is 63.5. The summed E-state index contributed by atoms with van der Waals surface area (Å²) in [5.41, 5.74) is 0. The Morgan fingerprint density at radius 1 is 0.307 bits per heavy atom. The molecule has 2 atom stereocenters. The van der Waals surface area contributed by atoms with Crippen LogP contribution in [0.2, 0.25) is 0 Å². The average molecular weight is 1240 g/mol. The molecule has 0 rings (SSSR count). The fourth-order valence-corrected chi connectivity index (χ4v) is 13.0. The smallest absolute Gasteiger partial charge is 0.305 e. The molecule has 0 saturated carbocycles. The van der Waals surface area contributed by atoms with Gasteiger partial charge in [0.05, 0.1) is 25.4 Å². The van der Waals surface area contributed by atoms with Gasteiger partial charge in [-0.3, -0.25) is 9.59 Å². The van der Waals surface area contributed by atoms with Crippen molar-refractivity contribution in [2.45, 2.75) is 475 Å². The number of ether oxygens (including phenoxy) is 1. The highest BCUT2D eigenvalue weighted by Crippen LogP contribution is 2.20. The van der Waals surface area contributed by atoms with Gasteiger partial charge >= 0.3 is 5.97 Å². The number of unbranched alkanes of at least 4 members (excludes halogenated alkanes) is 64. The van der Waals surface area contributed by atoms with Gasteiger partial charge in [0.15, 0.2) is 0 Å². The number of hydrogen-bond acceptors (Lipinski definition) is 5. The largest absolute Gasteiger partial charge is 0.466 e. The number of rotatable bonds is 77. The second-order valence-corrected chi connectivity index (χ2v) is 28.1. The molecule has 0 fully saturated rings. The van der Waals surface area contributed by atoms with Crippen LogP contribution in [0.25, 0.3) is 0 Å². The van der Waals surface area contributed by atoms with E-state index in [1.165, 1.54) is 398 Å². The molecule has 0 aromatic rings. The summed E-state index contributed by atoms with van der Waals surface area (Å²) in [4.78, 5) is 24.7. The monoisotopic (exact) mass is 1240 g/mol. The van der Waals surface area contributed by atoms with E-state index in [4.69, 9.17) is 4.74 Å². The predicted octanol–water partition coefficient (Wildman–Crippen LogP) is 26.8. The second-order valence-electron chi connectivity index (χ2n) is 28.1. The highest BCUT2D eigenvalue weighted by atomic mass is 16.5. The molecule has 0 aliphatic rings. The van der Waals surface area contributed by atoms with Gasteiger partial charge in [-0.05, 0) is 57.8 Å². The second kappa shape index (κ2) is 77.8. The van der Waals surface area contributed by atoms with Crippen molar-refractivity contribution in [3.05, 3.63) is 24.3 Å². The quantitative estimate of drug-likeness (QED) is 0.0320. The summed E-state index contributed by atoms with van der Waals surface area (Å²) in [6.07, 6.45) is 100. The minimum Gasteiger partial charge on any atom is -0.466 e. The van der Waals surface area contributed by atoms with Crippen LogP contribution in [0, 0.1) is 0 Å².